The Balaban J connectivity index is 1.26. The molecule has 1 unspecified atom stereocenters. The van der Waals surface area contributed by atoms with Crippen LogP contribution >= 0.6 is 0 Å². The molecule has 2 amide bonds. The molecule has 0 radical (unpaired) electrons. The Bertz CT molecular complexity index is 1230. The van der Waals surface area contributed by atoms with Crippen LogP contribution in [0.4, 0.5) is 14.9 Å². The lowest BCUT2D eigenvalue weighted by molar-refractivity contribution is -0.119. The third kappa shape index (κ3) is 5.32. The van der Waals surface area contributed by atoms with Crippen LogP contribution in [0.15, 0.2) is 66.7 Å². The molecule has 1 aliphatic rings. The summed E-state index contributed by atoms with van der Waals surface area (Å²) in [5.74, 6) is -3.06. The molecule has 180 valence electrons. The first-order valence-corrected chi connectivity index (χ1v) is 11.3. The monoisotopic (exact) mass is 476 g/mol. The fourth-order valence-corrected chi connectivity index (χ4v) is 4.23. The van der Waals surface area contributed by atoms with Crippen LogP contribution in [0.2, 0.25) is 0 Å². The van der Waals surface area contributed by atoms with Gasteiger partial charge in [0, 0.05) is 18.4 Å². The number of aromatic carboxylic acids is 1. The molecular formula is C27H25FN2O5. The van der Waals surface area contributed by atoms with E-state index in [-0.39, 0.29) is 30.3 Å². The van der Waals surface area contributed by atoms with E-state index in [9.17, 15) is 23.9 Å². The number of halogens is 1. The van der Waals surface area contributed by atoms with Gasteiger partial charge in [0.15, 0.2) is 0 Å². The molecule has 3 aromatic rings. The van der Waals surface area contributed by atoms with Crippen molar-refractivity contribution in [1.29, 1.82) is 0 Å². The smallest absolute Gasteiger partial charge is 0.407 e. The van der Waals surface area contributed by atoms with Gasteiger partial charge in [-0.15, -0.1) is 0 Å². The van der Waals surface area contributed by atoms with E-state index in [1.165, 1.54) is 6.07 Å². The predicted octanol–water partition coefficient (Wildman–Crippen LogP) is 5.03. The first-order chi connectivity index (χ1) is 16.8. The molecule has 0 saturated carbocycles. The molecule has 7 nitrogen and oxygen atoms in total. The van der Waals surface area contributed by atoms with Gasteiger partial charge < -0.3 is 20.5 Å². The minimum Gasteiger partial charge on any atom is -0.478 e. The van der Waals surface area contributed by atoms with Gasteiger partial charge in [-0.1, -0.05) is 55.5 Å². The number of hydrogen-bond acceptors (Lipinski definition) is 4. The molecule has 0 fully saturated rings. The van der Waals surface area contributed by atoms with Gasteiger partial charge in [0.1, 0.15) is 12.4 Å². The maximum atomic E-state index is 13.3. The van der Waals surface area contributed by atoms with Gasteiger partial charge in [-0.05, 0) is 46.9 Å². The summed E-state index contributed by atoms with van der Waals surface area (Å²) in [4.78, 5) is 36.0. The summed E-state index contributed by atoms with van der Waals surface area (Å²) in [6, 6.07) is 19.2. The number of carboxylic acid groups (broad SMARTS) is 1. The maximum absolute atomic E-state index is 13.3. The Morgan fingerprint density at radius 1 is 1.00 bits per heavy atom. The van der Waals surface area contributed by atoms with Crippen molar-refractivity contribution >= 4 is 23.7 Å². The first kappa shape index (κ1) is 23.9. The van der Waals surface area contributed by atoms with Crippen molar-refractivity contribution in [2.24, 2.45) is 5.92 Å². The number of anilines is 1. The Morgan fingerprint density at radius 2 is 1.63 bits per heavy atom. The Hall–Kier alpha value is -4.20. The van der Waals surface area contributed by atoms with Crippen molar-refractivity contribution in [2.75, 3.05) is 18.5 Å². The topological polar surface area (TPSA) is 105 Å². The Kier molecular flexibility index (Phi) is 7.10. The van der Waals surface area contributed by atoms with Crippen molar-refractivity contribution in [3.63, 3.8) is 0 Å². The minimum absolute atomic E-state index is 0.0141. The lowest BCUT2D eigenvalue weighted by atomic mass is 9.98. The van der Waals surface area contributed by atoms with Crippen LogP contribution in [0.5, 0.6) is 0 Å². The van der Waals surface area contributed by atoms with E-state index in [0.717, 1.165) is 34.4 Å². The zero-order valence-electron chi connectivity index (χ0n) is 19.1. The summed E-state index contributed by atoms with van der Waals surface area (Å²) in [5, 5.41) is 14.4. The average Bonchev–Trinajstić information content (AvgIpc) is 3.17. The number of alkyl carbamates (subject to hydrolysis) is 1. The van der Waals surface area contributed by atoms with Crippen LogP contribution in [0.25, 0.3) is 11.1 Å². The second-order valence-corrected chi connectivity index (χ2v) is 8.43. The third-order valence-corrected chi connectivity index (χ3v) is 6.11. The highest BCUT2D eigenvalue weighted by Crippen LogP contribution is 2.44. The van der Waals surface area contributed by atoms with Crippen LogP contribution in [-0.4, -0.2) is 36.2 Å². The fourth-order valence-electron chi connectivity index (χ4n) is 4.23. The second kappa shape index (κ2) is 10.4. The molecule has 8 heteroatoms. The van der Waals surface area contributed by atoms with E-state index in [2.05, 4.69) is 22.8 Å². The van der Waals surface area contributed by atoms with Gasteiger partial charge in [0.05, 0.1) is 11.3 Å². The normalized spacial score (nSPS) is 12.9. The van der Waals surface area contributed by atoms with E-state index in [4.69, 9.17) is 4.74 Å². The van der Waals surface area contributed by atoms with Crippen LogP contribution < -0.4 is 10.6 Å². The molecule has 3 N–H and O–H groups in total. The van der Waals surface area contributed by atoms with Gasteiger partial charge in [-0.3, -0.25) is 4.79 Å². The van der Waals surface area contributed by atoms with E-state index in [1.54, 1.807) is 6.92 Å². The fraction of sp³-hybridized carbons (Fsp3) is 0.222. The molecule has 35 heavy (non-hydrogen) atoms. The predicted molar refractivity (Wildman–Crippen MR) is 129 cm³/mol. The molecule has 0 saturated heterocycles. The van der Waals surface area contributed by atoms with E-state index in [1.807, 2.05) is 36.4 Å². The highest BCUT2D eigenvalue weighted by molar-refractivity contribution is 6.01. The van der Waals surface area contributed by atoms with Crippen LogP contribution in [-0.2, 0) is 9.53 Å². The number of carbonyl (C=O) groups is 3. The maximum Gasteiger partial charge on any atom is 0.407 e. The lowest BCUT2D eigenvalue weighted by Gasteiger charge is -2.16. The Morgan fingerprint density at radius 3 is 2.26 bits per heavy atom. The highest BCUT2D eigenvalue weighted by atomic mass is 19.1. The van der Waals surface area contributed by atoms with Gasteiger partial charge in [-0.2, -0.15) is 0 Å². The van der Waals surface area contributed by atoms with E-state index < -0.39 is 29.7 Å². The summed E-state index contributed by atoms with van der Waals surface area (Å²) in [5.41, 5.74) is 4.21. The first-order valence-electron chi connectivity index (χ1n) is 11.3. The quantitative estimate of drug-likeness (QED) is 0.423. The average molecular weight is 477 g/mol. The van der Waals surface area contributed by atoms with Crippen molar-refractivity contribution in [2.45, 2.75) is 19.3 Å². The number of hydrogen-bond donors (Lipinski definition) is 3. The lowest BCUT2D eigenvalue weighted by Crippen LogP contribution is -2.30. The molecule has 3 aromatic carbocycles. The number of ether oxygens (including phenoxy) is 1. The number of benzene rings is 3. The molecule has 0 aromatic heterocycles. The number of nitrogens with one attached hydrogen (secondary N) is 2. The van der Waals surface area contributed by atoms with Crippen molar-refractivity contribution in [3.05, 3.63) is 89.2 Å². The zero-order chi connectivity index (χ0) is 24.9. The van der Waals surface area contributed by atoms with Crippen LogP contribution in [0.3, 0.4) is 0 Å². The van der Waals surface area contributed by atoms with Crippen molar-refractivity contribution in [1.82, 2.24) is 5.32 Å². The third-order valence-electron chi connectivity index (χ3n) is 6.11. The van der Waals surface area contributed by atoms with Gasteiger partial charge in [0.2, 0.25) is 5.91 Å². The van der Waals surface area contributed by atoms with Crippen molar-refractivity contribution < 1.29 is 28.6 Å². The highest BCUT2D eigenvalue weighted by Gasteiger charge is 2.29. The number of rotatable bonds is 8. The molecule has 1 atom stereocenters. The number of carbonyl (C=O) groups excluding carboxylic acids is 2. The molecule has 0 aliphatic heterocycles. The summed E-state index contributed by atoms with van der Waals surface area (Å²) in [6.45, 7) is 2.04. The second-order valence-electron chi connectivity index (χ2n) is 8.43. The van der Waals surface area contributed by atoms with Gasteiger partial charge >= 0.3 is 12.1 Å². The van der Waals surface area contributed by atoms with Crippen molar-refractivity contribution in [3.8, 4) is 11.1 Å². The zero-order valence-corrected chi connectivity index (χ0v) is 19.1. The largest absolute Gasteiger partial charge is 0.478 e. The number of amides is 2. The minimum atomic E-state index is -1.34. The summed E-state index contributed by atoms with van der Waals surface area (Å²) < 4.78 is 18.8. The number of carboxylic acids is 1. The molecule has 0 bridgehead atoms. The molecule has 0 spiro atoms. The van der Waals surface area contributed by atoms with E-state index in [0.29, 0.717) is 6.42 Å². The van der Waals surface area contributed by atoms with Gasteiger partial charge in [0.25, 0.3) is 0 Å². The molecular weight excluding hydrogens is 451 g/mol. The molecule has 0 heterocycles. The van der Waals surface area contributed by atoms with E-state index >= 15 is 0 Å². The molecule has 4 rings (SSSR count). The van der Waals surface area contributed by atoms with Crippen LogP contribution in [0.1, 0.15) is 40.7 Å². The SMILES string of the molecule is CC(CCNC(=O)OCC1c2ccccc2-c2ccccc21)C(=O)Nc1ccc(F)cc1C(=O)O. The standard InChI is InChI=1S/C27H25FN2O5/c1-16(25(31)30-24-11-10-17(28)14-22(24)26(32)33)12-13-29-27(34)35-15-23-20-8-4-2-6-18(20)19-7-3-5-9-21(19)23/h2-11,14,16,23H,12-13,15H2,1H3,(H,29,34)(H,30,31)(H,32,33). The summed E-state index contributed by atoms with van der Waals surface area (Å²) >= 11 is 0. The summed E-state index contributed by atoms with van der Waals surface area (Å²) in [7, 11) is 0. The Labute approximate surface area is 201 Å². The summed E-state index contributed by atoms with van der Waals surface area (Å²) in [6.07, 6.45) is -0.272. The molecule has 1 aliphatic carbocycles. The number of fused-ring (bicyclic) bond motifs is 3. The van der Waals surface area contributed by atoms with Crippen LogP contribution in [0, 0.1) is 11.7 Å². The van der Waals surface area contributed by atoms with Gasteiger partial charge in [-0.25, -0.2) is 14.0 Å².